The summed E-state index contributed by atoms with van der Waals surface area (Å²) in [6, 6.07) is 4.77. The minimum atomic E-state index is -1.12. The van der Waals surface area contributed by atoms with E-state index < -0.39 is 17.5 Å². The Kier molecular flexibility index (Phi) is 2.73. The summed E-state index contributed by atoms with van der Waals surface area (Å²) in [6.07, 6.45) is 0. The van der Waals surface area contributed by atoms with Gasteiger partial charge in [0.05, 0.1) is 5.69 Å². The number of nitrogen functional groups attached to an aromatic ring is 1. The Hall–Kier alpha value is -2.44. The van der Waals surface area contributed by atoms with Crippen molar-refractivity contribution < 1.29 is 13.6 Å². The number of hydrogen-bond acceptors (Lipinski definition) is 3. The molecule has 0 saturated carbocycles. The number of anilines is 2. The molecule has 88 valence electrons. The average molecular weight is 238 g/mol. The highest BCUT2D eigenvalue weighted by molar-refractivity contribution is 6.03. The molecule has 7 heteroatoms. The lowest BCUT2D eigenvalue weighted by atomic mass is 10.3. The summed E-state index contributed by atoms with van der Waals surface area (Å²) in [5.74, 6) is -2.67. The number of halogens is 2. The number of H-pyrrole nitrogens is 1. The number of carbonyl (C=O) groups is 1. The maximum Gasteiger partial charge on any atom is 0.273 e. The molecule has 0 aliphatic carbocycles. The molecule has 0 radical (unpaired) electrons. The van der Waals surface area contributed by atoms with E-state index in [0.717, 1.165) is 6.07 Å². The van der Waals surface area contributed by atoms with Gasteiger partial charge in [0, 0.05) is 6.07 Å². The Morgan fingerprint density at radius 2 is 2.18 bits per heavy atom. The van der Waals surface area contributed by atoms with E-state index in [2.05, 4.69) is 15.5 Å². The maximum absolute atomic E-state index is 13.2. The van der Waals surface area contributed by atoms with Crippen molar-refractivity contribution in [3.63, 3.8) is 0 Å². The first-order chi connectivity index (χ1) is 8.08. The molecular formula is C10H8F2N4O. The van der Waals surface area contributed by atoms with Gasteiger partial charge in [-0.3, -0.25) is 9.89 Å². The van der Waals surface area contributed by atoms with Crippen LogP contribution in [0.1, 0.15) is 10.5 Å². The minimum absolute atomic E-state index is 0.0613. The van der Waals surface area contributed by atoms with Crippen molar-refractivity contribution in [1.29, 1.82) is 0 Å². The highest BCUT2D eigenvalue weighted by atomic mass is 19.2. The van der Waals surface area contributed by atoms with Crippen LogP contribution in [-0.2, 0) is 0 Å². The molecule has 4 N–H and O–H groups in total. The van der Waals surface area contributed by atoms with Crippen molar-refractivity contribution >= 4 is 17.4 Å². The molecule has 1 aromatic heterocycles. The highest BCUT2D eigenvalue weighted by Gasteiger charge is 2.13. The summed E-state index contributed by atoms with van der Waals surface area (Å²) in [4.78, 5) is 11.6. The predicted molar refractivity (Wildman–Crippen MR) is 57.3 cm³/mol. The second kappa shape index (κ2) is 4.20. The van der Waals surface area contributed by atoms with E-state index in [0.29, 0.717) is 0 Å². The van der Waals surface area contributed by atoms with Crippen molar-refractivity contribution in [3.05, 3.63) is 41.6 Å². The molecule has 0 bridgehead atoms. The van der Waals surface area contributed by atoms with Gasteiger partial charge >= 0.3 is 0 Å². The van der Waals surface area contributed by atoms with Crippen molar-refractivity contribution in [2.24, 2.45) is 0 Å². The number of nitrogens with one attached hydrogen (secondary N) is 2. The first-order valence-corrected chi connectivity index (χ1v) is 4.64. The van der Waals surface area contributed by atoms with Crippen molar-refractivity contribution in [3.8, 4) is 0 Å². The Balaban J connectivity index is 2.21. The molecule has 1 aromatic carbocycles. The zero-order valence-electron chi connectivity index (χ0n) is 8.50. The number of nitrogens with two attached hydrogens (primary N) is 1. The molecule has 1 heterocycles. The molecule has 2 aromatic rings. The molecular weight excluding hydrogens is 230 g/mol. The molecule has 2 rings (SSSR count). The zero-order chi connectivity index (χ0) is 12.4. The van der Waals surface area contributed by atoms with Crippen LogP contribution in [0, 0.1) is 11.6 Å². The number of rotatable bonds is 2. The fraction of sp³-hybridized carbons (Fsp3) is 0. The van der Waals surface area contributed by atoms with Crippen molar-refractivity contribution in [1.82, 2.24) is 10.2 Å². The average Bonchev–Trinajstić information content (AvgIpc) is 2.72. The summed E-state index contributed by atoms with van der Waals surface area (Å²) in [5, 5.41) is 8.10. The molecule has 0 aliphatic rings. The van der Waals surface area contributed by atoms with E-state index >= 15 is 0 Å². The van der Waals surface area contributed by atoms with Gasteiger partial charge in [0.1, 0.15) is 11.5 Å². The molecule has 0 spiro atoms. The highest BCUT2D eigenvalue weighted by Crippen LogP contribution is 2.17. The van der Waals surface area contributed by atoms with Gasteiger partial charge in [0.15, 0.2) is 11.6 Å². The van der Waals surface area contributed by atoms with Crippen LogP contribution in [0.3, 0.4) is 0 Å². The van der Waals surface area contributed by atoms with Gasteiger partial charge in [-0.25, -0.2) is 8.78 Å². The first kappa shape index (κ1) is 11.1. The number of carbonyl (C=O) groups excluding carboxylic acids is 1. The minimum Gasteiger partial charge on any atom is -0.382 e. The predicted octanol–water partition coefficient (Wildman–Crippen LogP) is 1.52. The fourth-order valence-corrected chi connectivity index (χ4v) is 1.24. The number of benzene rings is 1. The van der Waals surface area contributed by atoms with Crippen LogP contribution in [0.5, 0.6) is 0 Å². The van der Waals surface area contributed by atoms with Gasteiger partial charge in [-0.05, 0) is 12.1 Å². The molecule has 0 atom stereocenters. The van der Waals surface area contributed by atoms with Gasteiger partial charge in [-0.15, -0.1) is 0 Å². The lowest BCUT2D eigenvalue weighted by Gasteiger charge is -2.04. The molecule has 0 saturated heterocycles. The van der Waals surface area contributed by atoms with Gasteiger partial charge in [0.2, 0.25) is 0 Å². The molecule has 0 unspecified atom stereocenters. The van der Waals surface area contributed by atoms with Crippen LogP contribution in [0.25, 0.3) is 0 Å². The summed E-state index contributed by atoms with van der Waals surface area (Å²) < 4.78 is 26.1. The second-order valence-corrected chi connectivity index (χ2v) is 3.26. The molecule has 1 amide bonds. The quantitative estimate of drug-likeness (QED) is 0.741. The van der Waals surface area contributed by atoms with Crippen LogP contribution in [0.4, 0.5) is 20.3 Å². The van der Waals surface area contributed by atoms with E-state index in [1.165, 1.54) is 18.2 Å². The van der Waals surface area contributed by atoms with Crippen LogP contribution in [0.2, 0.25) is 0 Å². The molecule has 0 aliphatic heterocycles. The zero-order valence-corrected chi connectivity index (χ0v) is 8.50. The van der Waals surface area contributed by atoms with Crippen LogP contribution >= 0.6 is 0 Å². The standard InChI is InChI=1S/C10H8F2N4O/c11-5-2-1-3-6(9(5)12)14-10(17)7-4-8(13)16-15-7/h1-4H,(H,14,17)(H3,13,15,16). The number of hydrogen-bond donors (Lipinski definition) is 3. The maximum atomic E-state index is 13.2. The van der Waals surface area contributed by atoms with Gasteiger partial charge < -0.3 is 11.1 Å². The SMILES string of the molecule is Nc1cc(C(=O)Nc2cccc(F)c2F)[nH]n1. The van der Waals surface area contributed by atoms with Gasteiger partial charge in [-0.1, -0.05) is 6.07 Å². The number of amides is 1. The monoisotopic (exact) mass is 238 g/mol. The van der Waals surface area contributed by atoms with E-state index in [9.17, 15) is 13.6 Å². The van der Waals surface area contributed by atoms with Crippen molar-refractivity contribution in [2.45, 2.75) is 0 Å². The number of aromatic amines is 1. The van der Waals surface area contributed by atoms with E-state index in [-0.39, 0.29) is 17.2 Å². The van der Waals surface area contributed by atoms with Gasteiger partial charge in [0.25, 0.3) is 5.91 Å². The lowest BCUT2D eigenvalue weighted by molar-refractivity contribution is 0.102. The van der Waals surface area contributed by atoms with E-state index in [1.54, 1.807) is 0 Å². The third-order valence-electron chi connectivity index (χ3n) is 2.04. The fourth-order valence-electron chi connectivity index (χ4n) is 1.24. The molecule has 5 nitrogen and oxygen atoms in total. The normalized spacial score (nSPS) is 10.2. The van der Waals surface area contributed by atoms with Gasteiger partial charge in [-0.2, -0.15) is 5.10 Å². The Bertz CT molecular complexity index is 567. The Labute approximate surface area is 94.6 Å². The Morgan fingerprint density at radius 3 is 2.82 bits per heavy atom. The number of aromatic nitrogens is 2. The van der Waals surface area contributed by atoms with Crippen molar-refractivity contribution in [2.75, 3.05) is 11.1 Å². The molecule has 0 fully saturated rings. The van der Waals surface area contributed by atoms with Crippen LogP contribution in [0.15, 0.2) is 24.3 Å². The van der Waals surface area contributed by atoms with Crippen LogP contribution < -0.4 is 11.1 Å². The number of nitrogens with zero attached hydrogens (tertiary/aromatic N) is 1. The summed E-state index contributed by atoms with van der Waals surface area (Å²) in [7, 11) is 0. The third kappa shape index (κ3) is 2.22. The topological polar surface area (TPSA) is 83.8 Å². The summed E-state index contributed by atoms with van der Waals surface area (Å²) in [5.41, 5.74) is 5.12. The molecule has 17 heavy (non-hydrogen) atoms. The summed E-state index contributed by atoms with van der Waals surface area (Å²) in [6.45, 7) is 0. The smallest absolute Gasteiger partial charge is 0.273 e. The van der Waals surface area contributed by atoms with E-state index in [1.807, 2.05) is 0 Å². The largest absolute Gasteiger partial charge is 0.382 e. The first-order valence-electron chi connectivity index (χ1n) is 4.64. The lowest BCUT2D eigenvalue weighted by Crippen LogP contribution is -2.13. The third-order valence-corrected chi connectivity index (χ3v) is 2.04. The Morgan fingerprint density at radius 1 is 1.41 bits per heavy atom. The second-order valence-electron chi connectivity index (χ2n) is 3.26. The van der Waals surface area contributed by atoms with Crippen LogP contribution in [-0.4, -0.2) is 16.1 Å². The summed E-state index contributed by atoms with van der Waals surface area (Å²) >= 11 is 0. The van der Waals surface area contributed by atoms with E-state index in [4.69, 9.17) is 5.73 Å².